The van der Waals surface area contributed by atoms with Gasteiger partial charge in [0.1, 0.15) is 0 Å². The van der Waals surface area contributed by atoms with Crippen LogP contribution in [0.2, 0.25) is 0 Å². The summed E-state index contributed by atoms with van der Waals surface area (Å²) in [6.07, 6.45) is 4.66. The summed E-state index contributed by atoms with van der Waals surface area (Å²) in [5.74, 6) is 0.574. The molecule has 2 aromatic rings. The van der Waals surface area contributed by atoms with Crippen LogP contribution in [0.25, 0.3) is 5.69 Å². The van der Waals surface area contributed by atoms with E-state index in [1.54, 1.807) is 0 Å². The molecule has 2 N–H and O–H groups in total. The first-order valence-corrected chi connectivity index (χ1v) is 7.04. The second kappa shape index (κ2) is 6.09. The molecule has 0 aliphatic rings. The van der Waals surface area contributed by atoms with Gasteiger partial charge < -0.3 is 15.2 Å². The van der Waals surface area contributed by atoms with Gasteiger partial charge in [-0.05, 0) is 36.6 Å². The summed E-state index contributed by atoms with van der Waals surface area (Å²) in [4.78, 5) is 6.34. The smallest absolute Gasteiger partial charge is 0.0994 e. The van der Waals surface area contributed by atoms with E-state index in [9.17, 15) is 0 Å². The lowest BCUT2D eigenvalue weighted by molar-refractivity contribution is 0.498. The average Bonchev–Trinajstić information content (AvgIpc) is 2.87. The van der Waals surface area contributed by atoms with Gasteiger partial charge in [-0.15, -0.1) is 0 Å². The van der Waals surface area contributed by atoms with E-state index in [4.69, 9.17) is 5.73 Å². The van der Waals surface area contributed by atoms with Crippen LogP contribution in [0, 0.1) is 5.92 Å². The molecule has 0 saturated carbocycles. The Labute approximate surface area is 121 Å². The fraction of sp³-hybridized carbons (Fsp3) is 0.438. The molecule has 4 heteroatoms. The highest BCUT2D eigenvalue weighted by atomic mass is 15.1. The summed E-state index contributed by atoms with van der Waals surface area (Å²) in [5, 5.41) is 0. The molecule has 20 heavy (non-hydrogen) atoms. The summed E-state index contributed by atoms with van der Waals surface area (Å²) in [6, 6.07) is 8.43. The average molecular weight is 272 g/mol. The van der Waals surface area contributed by atoms with Crippen molar-refractivity contribution in [2.45, 2.75) is 26.3 Å². The molecule has 0 radical (unpaired) electrons. The second-order valence-electron chi connectivity index (χ2n) is 5.84. The molecule has 0 fully saturated rings. The molecule has 1 unspecified atom stereocenters. The molecule has 0 amide bonds. The number of hydrogen-bond acceptors (Lipinski definition) is 3. The first-order chi connectivity index (χ1) is 9.49. The number of anilines is 1. The number of imidazole rings is 1. The van der Waals surface area contributed by atoms with Crippen molar-refractivity contribution in [3.05, 3.63) is 42.5 Å². The lowest BCUT2D eigenvalue weighted by atomic mass is 10.0. The first kappa shape index (κ1) is 14.6. The van der Waals surface area contributed by atoms with Gasteiger partial charge in [-0.25, -0.2) is 4.98 Å². The maximum atomic E-state index is 6.29. The third-order valence-corrected chi connectivity index (χ3v) is 3.42. The van der Waals surface area contributed by atoms with E-state index in [1.165, 1.54) is 5.69 Å². The number of aromatic nitrogens is 2. The minimum absolute atomic E-state index is 0.0195. The first-order valence-electron chi connectivity index (χ1n) is 7.04. The molecule has 108 valence electrons. The van der Waals surface area contributed by atoms with Crippen LogP contribution in [-0.2, 0) is 0 Å². The fourth-order valence-corrected chi connectivity index (χ4v) is 2.34. The number of benzene rings is 1. The van der Waals surface area contributed by atoms with Gasteiger partial charge in [0, 0.05) is 31.5 Å². The van der Waals surface area contributed by atoms with Gasteiger partial charge >= 0.3 is 0 Å². The third-order valence-electron chi connectivity index (χ3n) is 3.42. The van der Waals surface area contributed by atoms with E-state index >= 15 is 0 Å². The van der Waals surface area contributed by atoms with Crippen LogP contribution >= 0.6 is 0 Å². The predicted molar refractivity (Wildman–Crippen MR) is 84.3 cm³/mol. The molecular weight excluding hydrogens is 248 g/mol. The standard InChI is InChI=1S/C16H24N4/c1-12(2)9-15(17)16-10-18-11-20(16)14-7-5-13(6-8-14)19(3)4/h5-8,10-12,15H,9,17H2,1-4H3. The van der Waals surface area contributed by atoms with Crippen LogP contribution < -0.4 is 10.6 Å². The minimum atomic E-state index is 0.0195. The van der Waals surface area contributed by atoms with E-state index in [1.807, 2.05) is 26.6 Å². The van der Waals surface area contributed by atoms with Gasteiger partial charge in [0.25, 0.3) is 0 Å². The lowest BCUT2D eigenvalue weighted by Gasteiger charge is -2.17. The molecule has 1 aromatic heterocycles. The van der Waals surface area contributed by atoms with Crippen molar-refractivity contribution in [3.63, 3.8) is 0 Å². The highest BCUT2D eigenvalue weighted by Gasteiger charge is 2.14. The van der Waals surface area contributed by atoms with E-state index < -0.39 is 0 Å². The third kappa shape index (κ3) is 3.20. The van der Waals surface area contributed by atoms with Crippen molar-refractivity contribution in [1.29, 1.82) is 0 Å². The Morgan fingerprint density at radius 1 is 1.20 bits per heavy atom. The summed E-state index contributed by atoms with van der Waals surface area (Å²) in [6.45, 7) is 4.37. The fourth-order valence-electron chi connectivity index (χ4n) is 2.34. The second-order valence-corrected chi connectivity index (χ2v) is 5.84. The zero-order valence-electron chi connectivity index (χ0n) is 12.7. The Morgan fingerprint density at radius 2 is 1.85 bits per heavy atom. The highest BCUT2D eigenvalue weighted by molar-refractivity contribution is 5.50. The Morgan fingerprint density at radius 3 is 2.40 bits per heavy atom. The molecule has 0 saturated heterocycles. The number of nitrogens with zero attached hydrogens (tertiary/aromatic N) is 3. The van der Waals surface area contributed by atoms with Gasteiger partial charge in [0.05, 0.1) is 18.2 Å². The SMILES string of the molecule is CC(C)CC(N)c1cncn1-c1ccc(N(C)C)cc1. The Hall–Kier alpha value is -1.81. The maximum Gasteiger partial charge on any atom is 0.0994 e. The van der Waals surface area contributed by atoms with Crippen molar-refractivity contribution in [3.8, 4) is 5.69 Å². The van der Waals surface area contributed by atoms with Gasteiger partial charge in [-0.3, -0.25) is 0 Å². The Bertz CT molecular complexity index is 540. The highest BCUT2D eigenvalue weighted by Crippen LogP contribution is 2.22. The molecule has 4 nitrogen and oxygen atoms in total. The van der Waals surface area contributed by atoms with Crippen LogP contribution in [0.4, 0.5) is 5.69 Å². The molecular formula is C16H24N4. The van der Waals surface area contributed by atoms with Crippen LogP contribution in [-0.4, -0.2) is 23.6 Å². The van der Waals surface area contributed by atoms with Crippen LogP contribution in [0.5, 0.6) is 0 Å². The molecule has 2 rings (SSSR count). The number of nitrogens with two attached hydrogens (primary N) is 1. The van der Waals surface area contributed by atoms with Gasteiger partial charge in [-0.1, -0.05) is 13.8 Å². The molecule has 1 atom stereocenters. The quantitative estimate of drug-likeness (QED) is 0.910. The molecule has 1 aromatic carbocycles. The largest absolute Gasteiger partial charge is 0.378 e. The van der Waals surface area contributed by atoms with Gasteiger partial charge in [-0.2, -0.15) is 0 Å². The van der Waals surface area contributed by atoms with E-state index in [0.717, 1.165) is 17.8 Å². The van der Waals surface area contributed by atoms with E-state index in [2.05, 4.69) is 52.6 Å². The molecule has 1 heterocycles. The van der Waals surface area contributed by atoms with Crippen LogP contribution in [0.15, 0.2) is 36.8 Å². The summed E-state index contributed by atoms with van der Waals surface area (Å²) >= 11 is 0. The van der Waals surface area contributed by atoms with Crippen LogP contribution in [0.3, 0.4) is 0 Å². The molecule has 0 spiro atoms. The minimum Gasteiger partial charge on any atom is -0.378 e. The predicted octanol–water partition coefficient (Wildman–Crippen LogP) is 2.98. The van der Waals surface area contributed by atoms with Crippen molar-refractivity contribution in [1.82, 2.24) is 9.55 Å². The monoisotopic (exact) mass is 272 g/mol. The van der Waals surface area contributed by atoms with E-state index in [-0.39, 0.29) is 6.04 Å². The molecule has 0 aliphatic carbocycles. The summed E-state index contributed by atoms with van der Waals surface area (Å²) < 4.78 is 2.08. The zero-order valence-corrected chi connectivity index (χ0v) is 12.7. The topological polar surface area (TPSA) is 47.1 Å². The van der Waals surface area contributed by atoms with Gasteiger partial charge in [0.15, 0.2) is 0 Å². The zero-order chi connectivity index (χ0) is 14.7. The van der Waals surface area contributed by atoms with Crippen molar-refractivity contribution < 1.29 is 0 Å². The van der Waals surface area contributed by atoms with Crippen LogP contribution in [0.1, 0.15) is 32.0 Å². The normalized spacial score (nSPS) is 12.7. The van der Waals surface area contributed by atoms with Gasteiger partial charge in [0.2, 0.25) is 0 Å². The maximum absolute atomic E-state index is 6.29. The van der Waals surface area contributed by atoms with Crippen molar-refractivity contribution in [2.24, 2.45) is 11.7 Å². The van der Waals surface area contributed by atoms with E-state index in [0.29, 0.717) is 5.92 Å². The summed E-state index contributed by atoms with van der Waals surface area (Å²) in [7, 11) is 4.08. The molecule has 0 bridgehead atoms. The number of rotatable bonds is 5. The Balaban J connectivity index is 2.27. The van der Waals surface area contributed by atoms with Crippen molar-refractivity contribution >= 4 is 5.69 Å². The summed E-state index contributed by atoms with van der Waals surface area (Å²) in [5.41, 5.74) is 9.64. The number of hydrogen-bond donors (Lipinski definition) is 1. The Kier molecular flexibility index (Phi) is 4.45. The molecule has 0 aliphatic heterocycles. The van der Waals surface area contributed by atoms with Crippen molar-refractivity contribution in [2.75, 3.05) is 19.0 Å². The lowest BCUT2D eigenvalue weighted by Crippen LogP contribution is -2.16.